The molecule has 9 heteroatoms. The van der Waals surface area contributed by atoms with Gasteiger partial charge in [0, 0.05) is 43.9 Å². The van der Waals surface area contributed by atoms with Crippen LogP contribution in [0, 0.1) is 0 Å². The van der Waals surface area contributed by atoms with Gasteiger partial charge < -0.3 is 10.6 Å². The van der Waals surface area contributed by atoms with Gasteiger partial charge in [0.1, 0.15) is 0 Å². The van der Waals surface area contributed by atoms with E-state index in [-0.39, 0.29) is 35.5 Å². The summed E-state index contributed by atoms with van der Waals surface area (Å²) in [6, 6.07) is 12.5. The Labute approximate surface area is 176 Å². The summed E-state index contributed by atoms with van der Waals surface area (Å²) in [6.45, 7) is 2.97. The Kier molecular flexibility index (Phi) is 7.85. The lowest BCUT2D eigenvalue weighted by Crippen LogP contribution is -2.28. The highest BCUT2D eigenvalue weighted by Gasteiger charge is 2.20. The molecule has 0 aliphatic carbocycles. The summed E-state index contributed by atoms with van der Waals surface area (Å²) in [7, 11) is -2.26. The molecule has 0 fully saturated rings. The number of nitrogens with one attached hydrogen (secondary N) is 2. The largest absolute Gasteiger partial charge is 0.326 e. The third-order valence-electron chi connectivity index (χ3n) is 4.31. The van der Waals surface area contributed by atoms with E-state index in [4.69, 9.17) is 0 Å². The van der Waals surface area contributed by atoms with Gasteiger partial charge in [-0.05, 0) is 43.7 Å². The van der Waals surface area contributed by atoms with Gasteiger partial charge >= 0.3 is 0 Å². The molecule has 2 N–H and O–H groups in total. The molecular weight excluding hydrogens is 406 g/mol. The predicted octanol–water partition coefficient (Wildman–Crippen LogP) is 2.89. The summed E-state index contributed by atoms with van der Waals surface area (Å²) in [5.74, 6) is -0.605. The lowest BCUT2D eigenvalue weighted by molar-refractivity contribution is -0.116. The van der Waals surface area contributed by atoms with E-state index in [2.05, 4.69) is 10.6 Å². The molecule has 2 amide bonds. The molecule has 0 aliphatic rings. The number of nitrogens with zero attached hydrogens (tertiary/aromatic N) is 1. The Morgan fingerprint density at radius 2 is 1.53 bits per heavy atom. The first kappa shape index (κ1) is 23.2. The van der Waals surface area contributed by atoms with Crippen LogP contribution in [0.1, 0.15) is 37.0 Å². The first-order chi connectivity index (χ1) is 14.1. The Bertz CT molecular complexity index is 1030. The molecule has 0 heterocycles. The van der Waals surface area contributed by atoms with Crippen LogP contribution < -0.4 is 10.6 Å². The van der Waals surface area contributed by atoms with Crippen molar-refractivity contribution in [3.63, 3.8) is 0 Å². The second-order valence-electron chi connectivity index (χ2n) is 6.82. The smallest absolute Gasteiger partial charge is 0.242 e. The summed E-state index contributed by atoms with van der Waals surface area (Å²) in [4.78, 5) is 34.7. The number of amides is 2. The van der Waals surface area contributed by atoms with Crippen molar-refractivity contribution in [3.05, 3.63) is 54.1 Å². The maximum absolute atomic E-state index is 12.6. The molecule has 0 atom stereocenters. The van der Waals surface area contributed by atoms with Crippen LogP contribution in [0.3, 0.4) is 0 Å². The van der Waals surface area contributed by atoms with Gasteiger partial charge in [-0.3, -0.25) is 14.4 Å². The molecule has 0 unspecified atom stereocenters. The average Bonchev–Trinajstić information content (AvgIpc) is 2.67. The topological polar surface area (TPSA) is 113 Å². The Balaban J connectivity index is 1.88. The van der Waals surface area contributed by atoms with Crippen molar-refractivity contribution >= 4 is 39.0 Å². The molecule has 0 saturated heterocycles. The lowest BCUT2D eigenvalue weighted by atomic mass is 10.2. The predicted molar refractivity (Wildman–Crippen MR) is 115 cm³/mol. The minimum atomic E-state index is -3.71. The van der Waals surface area contributed by atoms with Crippen LogP contribution in [0.15, 0.2) is 53.4 Å². The normalized spacial score (nSPS) is 11.2. The molecule has 8 nitrogen and oxygen atoms in total. The number of ketones is 1. The van der Waals surface area contributed by atoms with Crippen molar-refractivity contribution in [2.75, 3.05) is 24.2 Å². The zero-order chi connectivity index (χ0) is 22.3. The molecule has 0 aliphatic heterocycles. The highest BCUT2D eigenvalue weighted by molar-refractivity contribution is 7.89. The van der Waals surface area contributed by atoms with Crippen molar-refractivity contribution < 1.29 is 22.8 Å². The van der Waals surface area contributed by atoms with E-state index in [1.165, 1.54) is 49.5 Å². The zero-order valence-corrected chi connectivity index (χ0v) is 18.0. The van der Waals surface area contributed by atoms with E-state index in [1.807, 2.05) is 0 Å². The number of sulfonamides is 1. The first-order valence-corrected chi connectivity index (χ1v) is 10.8. The number of carbonyl (C=O) groups excluding carboxylic acids is 3. The number of rotatable bonds is 9. The van der Waals surface area contributed by atoms with Crippen LogP contribution in [0.25, 0.3) is 0 Å². The number of anilines is 2. The summed E-state index contributed by atoms with van der Waals surface area (Å²) < 4.78 is 26.4. The molecule has 0 spiro atoms. The van der Waals surface area contributed by atoms with Gasteiger partial charge in [0.05, 0.1) is 4.90 Å². The van der Waals surface area contributed by atoms with Crippen LogP contribution in [0.4, 0.5) is 11.4 Å². The maximum atomic E-state index is 12.6. The summed E-state index contributed by atoms with van der Waals surface area (Å²) in [6.07, 6.45) is 0.464. The van der Waals surface area contributed by atoms with Gasteiger partial charge in [-0.1, -0.05) is 18.2 Å². The number of carbonyl (C=O) groups is 3. The Hall–Kier alpha value is -3.04. The highest BCUT2D eigenvalue weighted by atomic mass is 32.2. The minimum Gasteiger partial charge on any atom is -0.326 e. The molecule has 0 bridgehead atoms. The lowest BCUT2D eigenvalue weighted by Gasteiger charge is -2.17. The van der Waals surface area contributed by atoms with E-state index in [1.54, 1.807) is 24.3 Å². The third kappa shape index (κ3) is 6.50. The van der Waals surface area contributed by atoms with Crippen LogP contribution in [0.5, 0.6) is 0 Å². The van der Waals surface area contributed by atoms with Gasteiger partial charge in [-0.25, -0.2) is 12.7 Å². The Morgan fingerprint density at radius 1 is 0.933 bits per heavy atom. The second-order valence-corrected chi connectivity index (χ2v) is 8.87. The van der Waals surface area contributed by atoms with Crippen molar-refractivity contribution in [3.8, 4) is 0 Å². The van der Waals surface area contributed by atoms with Gasteiger partial charge in [0.25, 0.3) is 0 Å². The number of hydrogen-bond acceptors (Lipinski definition) is 5. The van der Waals surface area contributed by atoms with Crippen molar-refractivity contribution in [2.24, 2.45) is 0 Å². The summed E-state index contributed by atoms with van der Waals surface area (Å²) in [5, 5.41) is 5.36. The molecule has 2 aromatic rings. The molecule has 160 valence electrons. The molecule has 2 rings (SSSR count). The van der Waals surface area contributed by atoms with Gasteiger partial charge in [0.2, 0.25) is 21.8 Å². The first-order valence-electron chi connectivity index (χ1n) is 9.34. The third-order valence-corrected chi connectivity index (χ3v) is 6.18. The van der Waals surface area contributed by atoms with Crippen LogP contribution in [-0.4, -0.2) is 43.9 Å². The van der Waals surface area contributed by atoms with E-state index >= 15 is 0 Å². The number of Topliss-reactive ketones (excluding diaryl/α,β-unsaturated/α-hetero) is 1. The zero-order valence-electron chi connectivity index (χ0n) is 17.1. The van der Waals surface area contributed by atoms with Gasteiger partial charge in [0.15, 0.2) is 5.78 Å². The summed E-state index contributed by atoms with van der Waals surface area (Å²) >= 11 is 0. The highest BCUT2D eigenvalue weighted by Crippen LogP contribution is 2.17. The van der Waals surface area contributed by atoms with Crippen LogP contribution in [-0.2, 0) is 19.6 Å². The van der Waals surface area contributed by atoms with E-state index < -0.39 is 10.0 Å². The van der Waals surface area contributed by atoms with Gasteiger partial charge in [-0.15, -0.1) is 0 Å². The monoisotopic (exact) mass is 431 g/mol. The van der Waals surface area contributed by atoms with E-state index in [9.17, 15) is 22.8 Å². The molecular formula is C21H25N3O5S. The molecule has 0 radical (unpaired) electrons. The average molecular weight is 432 g/mol. The van der Waals surface area contributed by atoms with Crippen molar-refractivity contribution in [2.45, 2.75) is 31.6 Å². The molecule has 0 saturated carbocycles. The second kappa shape index (κ2) is 10.1. The molecule has 0 aromatic heterocycles. The standard InChI is InChI=1S/C21H25N3O5S/c1-15(25)17-9-11-20(12-10-17)30(28,29)24(3)13-5-8-21(27)23-19-7-4-6-18(14-19)22-16(2)26/h4,6-7,9-12,14H,5,8,13H2,1-3H3,(H,22,26)(H,23,27). The Morgan fingerprint density at radius 3 is 2.10 bits per heavy atom. The number of benzene rings is 2. The quantitative estimate of drug-likeness (QED) is 0.593. The van der Waals surface area contributed by atoms with Gasteiger partial charge in [-0.2, -0.15) is 0 Å². The minimum absolute atomic E-state index is 0.0919. The summed E-state index contributed by atoms with van der Waals surface area (Å²) in [5.41, 5.74) is 1.55. The molecule has 2 aromatic carbocycles. The fourth-order valence-corrected chi connectivity index (χ4v) is 3.93. The van der Waals surface area contributed by atoms with E-state index in [0.29, 0.717) is 23.4 Å². The fraction of sp³-hybridized carbons (Fsp3) is 0.286. The van der Waals surface area contributed by atoms with Crippen molar-refractivity contribution in [1.82, 2.24) is 4.31 Å². The SMILES string of the molecule is CC(=O)Nc1cccc(NC(=O)CCCN(C)S(=O)(=O)c2ccc(C(C)=O)cc2)c1. The van der Waals surface area contributed by atoms with Crippen molar-refractivity contribution in [1.29, 1.82) is 0 Å². The molecule has 30 heavy (non-hydrogen) atoms. The fourth-order valence-electron chi connectivity index (χ4n) is 2.73. The van der Waals surface area contributed by atoms with Crippen LogP contribution >= 0.6 is 0 Å². The van der Waals surface area contributed by atoms with Crippen LogP contribution in [0.2, 0.25) is 0 Å². The maximum Gasteiger partial charge on any atom is 0.242 e. The number of hydrogen-bond donors (Lipinski definition) is 2. The van der Waals surface area contributed by atoms with E-state index in [0.717, 1.165) is 0 Å².